The molecule has 1 heterocycles. The number of rotatable bonds is 1. The number of anilines is 1. The second-order valence-electron chi connectivity index (χ2n) is 2.80. The third-order valence-electron chi connectivity index (χ3n) is 1.91. The zero-order chi connectivity index (χ0) is 9.42. The summed E-state index contributed by atoms with van der Waals surface area (Å²) in [7, 11) is 0. The van der Waals surface area contributed by atoms with Gasteiger partial charge in [-0.3, -0.25) is 0 Å². The van der Waals surface area contributed by atoms with E-state index in [9.17, 15) is 5.11 Å². The van der Waals surface area contributed by atoms with Crippen molar-refractivity contribution in [2.24, 2.45) is 0 Å². The van der Waals surface area contributed by atoms with Crippen LogP contribution in [0.5, 0.6) is 5.75 Å². The van der Waals surface area contributed by atoms with Crippen LogP contribution in [0.1, 0.15) is 5.56 Å². The van der Waals surface area contributed by atoms with Crippen molar-refractivity contribution in [2.45, 2.75) is 5.33 Å². The average Bonchev–Trinajstić information content (AvgIpc) is 2.47. The van der Waals surface area contributed by atoms with Crippen LogP contribution in [0.25, 0.3) is 10.1 Å². The van der Waals surface area contributed by atoms with Gasteiger partial charge in [-0.05, 0) is 17.0 Å². The van der Waals surface area contributed by atoms with Crippen molar-refractivity contribution in [3.8, 4) is 5.75 Å². The van der Waals surface area contributed by atoms with Crippen LogP contribution in [0.2, 0.25) is 0 Å². The summed E-state index contributed by atoms with van der Waals surface area (Å²) in [5.41, 5.74) is 7.63. The van der Waals surface area contributed by atoms with Gasteiger partial charge in [0.25, 0.3) is 0 Å². The summed E-state index contributed by atoms with van der Waals surface area (Å²) in [5.74, 6) is 0.230. The SMILES string of the molecule is Nc1cc(O)cc2scc(CBr)c12. The van der Waals surface area contributed by atoms with E-state index >= 15 is 0 Å². The second-order valence-corrected chi connectivity index (χ2v) is 4.27. The van der Waals surface area contributed by atoms with E-state index in [1.165, 1.54) is 5.56 Å². The normalized spacial score (nSPS) is 10.8. The highest BCUT2D eigenvalue weighted by Crippen LogP contribution is 2.35. The lowest BCUT2D eigenvalue weighted by Crippen LogP contribution is -1.86. The van der Waals surface area contributed by atoms with Gasteiger partial charge in [-0.1, -0.05) is 15.9 Å². The number of nitrogen functional groups attached to an aromatic ring is 1. The molecule has 68 valence electrons. The molecular formula is C9H8BrNOS. The number of phenols is 1. The molecule has 0 saturated carbocycles. The Hall–Kier alpha value is -0.740. The number of hydrogen-bond acceptors (Lipinski definition) is 3. The van der Waals surface area contributed by atoms with Crippen molar-refractivity contribution in [2.75, 3.05) is 5.73 Å². The molecule has 0 atom stereocenters. The van der Waals surface area contributed by atoms with Gasteiger partial charge < -0.3 is 10.8 Å². The first-order valence-electron chi connectivity index (χ1n) is 3.77. The lowest BCUT2D eigenvalue weighted by molar-refractivity contribution is 0.476. The number of nitrogens with two attached hydrogens (primary N) is 1. The predicted molar refractivity (Wildman–Crippen MR) is 60.5 cm³/mol. The van der Waals surface area contributed by atoms with E-state index in [1.807, 2.05) is 0 Å². The van der Waals surface area contributed by atoms with Crippen LogP contribution in [0.4, 0.5) is 5.69 Å². The summed E-state index contributed by atoms with van der Waals surface area (Å²) in [6.45, 7) is 0. The third-order valence-corrected chi connectivity index (χ3v) is 3.49. The molecule has 0 saturated heterocycles. The Labute approximate surface area is 88.1 Å². The Morgan fingerprint density at radius 1 is 1.46 bits per heavy atom. The quantitative estimate of drug-likeness (QED) is 0.610. The minimum Gasteiger partial charge on any atom is -0.508 e. The first-order chi connectivity index (χ1) is 6.22. The number of thiophene rings is 1. The molecule has 0 unspecified atom stereocenters. The van der Waals surface area contributed by atoms with Gasteiger partial charge >= 0.3 is 0 Å². The smallest absolute Gasteiger partial charge is 0.119 e. The van der Waals surface area contributed by atoms with Gasteiger partial charge in [-0.2, -0.15) is 0 Å². The number of benzene rings is 1. The average molecular weight is 258 g/mol. The number of fused-ring (bicyclic) bond motifs is 1. The summed E-state index contributed by atoms with van der Waals surface area (Å²) in [5, 5.41) is 13.2. The molecule has 0 aliphatic carbocycles. The van der Waals surface area contributed by atoms with Gasteiger partial charge in [0.05, 0.1) is 0 Å². The number of phenolic OH excluding ortho intramolecular Hbond substituents is 1. The van der Waals surface area contributed by atoms with E-state index in [4.69, 9.17) is 5.73 Å². The van der Waals surface area contributed by atoms with Crippen LogP contribution in [0, 0.1) is 0 Å². The molecular weight excluding hydrogens is 250 g/mol. The first-order valence-corrected chi connectivity index (χ1v) is 5.77. The van der Waals surface area contributed by atoms with E-state index in [0.29, 0.717) is 5.69 Å². The highest BCUT2D eigenvalue weighted by atomic mass is 79.9. The first kappa shape index (κ1) is 8.84. The van der Waals surface area contributed by atoms with E-state index in [2.05, 4.69) is 21.3 Å². The minimum atomic E-state index is 0.230. The molecule has 0 amide bonds. The van der Waals surface area contributed by atoms with Crippen molar-refractivity contribution in [1.29, 1.82) is 0 Å². The fraction of sp³-hybridized carbons (Fsp3) is 0.111. The monoisotopic (exact) mass is 257 g/mol. The maximum atomic E-state index is 9.31. The summed E-state index contributed by atoms with van der Waals surface area (Å²) in [6.07, 6.45) is 0. The van der Waals surface area contributed by atoms with Crippen LogP contribution in [-0.2, 0) is 5.33 Å². The Morgan fingerprint density at radius 2 is 2.23 bits per heavy atom. The lowest BCUT2D eigenvalue weighted by Gasteiger charge is -2.00. The second kappa shape index (κ2) is 3.20. The molecule has 2 aromatic rings. The Kier molecular flexibility index (Phi) is 2.17. The molecule has 0 bridgehead atoms. The maximum Gasteiger partial charge on any atom is 0.119 e. The van der Waals surface area contributed by atoms with E-state index in [1.54, 1.807) is 23.5 Å². The molecule has 2 nitrogen and oxygen atoms in total. The molecule has 0 radical (unpaired) electrons. The zero-order valence-corrected chi connectivity index (χ0v) is 9.15. The largest absolute Gasteiger partial charge is 0.508 e. The maximum absolute atomic E-state index is 9.31. The van der Waals surface area contributed by atoms with Gasteiger partial charge in [0.1, 0.15) is 5.75 Å². The summed E-state index contributed by atoms with van der Waals surface area (Å²) < 4.78 is 1.03. The fourth-order valence-electron chi connectivity index (χ4n) is 1.35. The van der Waals surface area contributed by atoms with Crippen molar-refractivity contribution in [1.82, 2.24) is 0 Å². The zero-order valence-electron chi connectivity index (χ0n) is 6.75. The highest BCUT2D eigenvalue weighted by molar-refractivity contribution is 9.08. The van der Waals surface area contributed by atoms with Crippen LogP contribution in [-0.4, -0.2) is 5.11 Å². The molecule has 1 aromatic heterocycles. The number of aromatic hydroxyl groups is 1. The number of halogens is 1. The third kappa shape index (κ3) is 1.40. The Bertz CT molecular complexity index is 452. The van der Waals surface area contributed by atoms with Crippen LogP contribution in [0.3, 0.4) is 0 Å². The summed E-state index contributed by atoms with van der Waals surface area (Å²) in [6, 6.07) is 3.32. The lowest BCUT2D eigenvalue weighted by atomic mass is 10.1. The molecule has 13 heavy (non-hydrogen) atoms. The molecule has 3 N–H and O–H groups in total. The molecule has 0 fully saturated rings. The summed E-state index contributed by atoms with van der Waals surface area (Å²) >= 11 is 5.00. The number of hydrogen-bond donors (Lipinski definition) is 2. The summed E-state index contributed by atoms with van der Waals surface area (Å²) in [4.78, 5) is 0. The topological polar surface area (TPSA) is 46.2 Å². The van der Waals surface area contributed by atoms with Crippen LogP contribution >= 0.6 is 27.3 Å². The van der Waals surface area contributed by atoms with Crippen molar-refractivity contribution >= 4 is 43.0 Å². The standard InChI is InChI=1S/C9H8BrNOS/c10-3-5-4-13-8-2-6(12)1-7(11)9(5)8/h1-2,4,12H,3,11H2. The van der Waals surface area contributed by atoms with Crippen molar-refractivity contribution in [3.63, 3.8) is 0 Å². The number of alkyl halides is 1. The van der Waals surface area contributed by atoms with E-state index in [0.717, 1.165) is 15.4 Å². The minimum absolute atomic E-state index is 0.230. The Balaban J connectivity index is 2.82. The molecule has 4 heteroatoms. The van der Waals surface area contributed by atoms with Gasteiger partial charge in [0, 0.05) is 27.2 Å². The van der Waals surface area contributed by atoms with Crippen molar-refractivity contribution < 1.29 is 5.11 Å². The Morgan fingerprint density at radius 3 is 2.92 bits per heavy atom. The highest BCUT2D eigenvalue weighted by Gasteiger charge is 2.07. The van der Waals surface area contributed by atoms with Gasteiger partial charge in [-0.25, -0.2) is 0 Å². The van der Waals surface area contributed by atoms with Crippen LogP contribution < -0.4 is 5.73 Å². The molecule has 1 aromatic carbocycles. The van der Waals surface area contributed by atoms with Gasteiger partial charge in [0.15, 0.2) is 0 Å². The van der Waals surface area contributed by atoms with Gasteiger partial charge in [0.2, 0.25) is 0 Å². The molecule has 0 aliphatic rings. The molecule has 0 aliphatic heterocycles. The van der Waals surface area contributed by atoms with E-state index < -0.39 is 0 Å². The molecule has 2 rings (SSSR count). The van der Waals surface area contributed by atoms with Gasteiger partial charge in [-0.15, -0.1) is 11.3 Å². The molecule has 0 spiro atoms. The fourth-order valence-corrected chi connectivity index (χ4v) is 3.03. The van der Waals surface area contributed by atoms with E-state index in [-0.39, 0.29) is 5.75 Å². The van der Waals surface area contributed by atoms with Crippen LogP contribution in [0.15, 0.2) is 17.5 Å². The van der Waals surface area contributed by atoms with Crippen molar-refractivity contribution in [3.05, 3.63) is 23.1 Å². The predicted octanol–water partition coefficient (Wildman–Crippen LogP) is 3.08.